The summed E-state index contributed by atoms with van der Waals surface area (Å²) in [6.45, 7) is 8.46. The van der Waals surface area contributed by atoms with Crippen molar-refractivity contribution in [3.63, 3.8) is 0 Å². The minimum atomic E-state index is 0.148. The van der Waals surface area contributed by atoms with Crippen molar-refractivity contribution in [3.05, 3.63) is 15.6 Å². The molecular formula is C9H16NOS+. The number of aryl methyl sites for hydroxylation is 2. The highest BCUT2D eigenvalue weighted by Gasteiger charge is 2.22. The zero-order valence-electron chi connectivity index (χ0n) is 8.34. The van der Waals surface area contributed by atoms with Gasteiger partial charge in [0.2, 0.25) is 5.01 Å². The number of hydrogen-bond acceptors (Lipinski definition) is 2. The van der Waals surface area contributed by atoms with Crippen LogP contribution < -0.4 is 4.57 Å². The van der Waals surface area contributed by atoms with Crippen LogP contribution in [0.2, 0.25) is 0 Å². The zero-order chi connectivity index (χ0) is 9.30. The van der Waals surface area contributed by atoms with Crippen LogP contribution in [0.3, 0.4) is 0 Å². The van der Waals surface area contributed by atoms with Gasteiger partial charge in [0, 0.05) is 27.9 Å². The van der Waals surface area contributed by atoms with E-state index in [1.54, 1.807) is 7.11 Å². The molecule has 0 bridgehead atoms. The van der Waals surface area contributed by atoms with Crippen LogP contribution in [0.15, 0.2) is 0 Å². The van der Waals surface area contributed by atoms with Crippen molar-refractivity contribution in [1.82, 2.24) is 0 Å². The van der Waals surface area contributed by atoms with Gasteiger partial charge in [-0.05, 0) is 6.92 Å². The Morgan fingerprint density at radius 2 is 1.92 bits per heavy atom. The Morgan fingerprint density at radius 3 is 2.25 bits per heavy atom. The van der Waals surface area contributed by atoms with E-state index in [0.717, 1.165) is 0 Å². The normalized spacial score (nSPS) is 13.4. The lowest BCUT2D eigenvalue weighted by molar-refractivity contribution is -0.762. The van der Waals surface area contributed by atoms with Crippen LogP contribution >= 0.6 is 11.3 Å². The number of methoxy groups -OCH3 is 1. The molecule has 0 aromatic carbocycles. The summed E-state index contributed by atoms with van der Waals surface area (Å²) < 4.78 is 7.50. The van der Waals surface area contributed by atoms with Crippen molar-refractivity contribution in [2.24, 2.45) is 0 Å². The van der Waals surface area contributed by atoms with Gasteiger partial charge >= 0.3 is 0 Å². The van der Waals surface area contributed by atoms with Gasteiger partial charge in [0.25, 0.3) is 6.23 Å². The van der Waals surface area contributed by atoms with E-state index in [0.29, 0.717) is 0 Å². The Balaban J connectivity index is 3.13. The summed E-state index contributed by atoms with van der Waals surface area (Å²) in [5.74, 6) is 0. The summed E-state index contributed by atoms with van der Waals surface area (Å²) in [6, 6.07) is 0. The third-order valence-electron chi connectivity index (χ3n) is 2.22. The molecule has 1 heterocycles. The van der Waals surface area contributed by atoms with Gasteiger partial charge in [-0.15, -0.1) is 0 Å². The van der Waals surface area contributed by atoms with Crippen molar-refractivity contribution in [1.29, 1.82) is 0 Å². The summed E-state index contributed by atoms with van der Waals surface area (Å²) in [7, 11) is 1.74. The fraction of sp³-hybridized carbons (Fsp3) is 0.667. The van der Waals surface area contributed by atoms with Crippen LogP contribution in [0, 0.1) is 20.8 Å². The Labute approximate surface area is 77.8 Å². The van der Waals surface area contributed by atoms with Gasteiger partial charge in [-0.1, -0.05) is 11.3 Å². The average Bonchev–Trinajstić information content (AvgIpc) is 2.26. The van der Waals surface area contributed by atoms with Crippen molar-refractivity contribution < 1.29 is 9.30 Å². The molecule has 68 valence electrons. The predicted molar refractivity (Wildman–Crippen MR) is 50.4 cm³/mol. The predicted octanol–water partition coefficient (Wildman–Crippen LogP) is 2.13. The van der Waals surface area contributed by atoms with Gasteiger partial charge in [-0.25, -0.2) is 0 Å². The summed E-state index contributed by atoms with van der Waals surface area (Å²) in [5, 5.41) is 1.30. The smallest absolute Gasteiger partial charge is 0.260 e. The summed E-state index contributed by atoms with van der Waals surface area (Å²) in [6.07, 6.45) is 0.148. The highest BCUT2D eigenvalue weighted by molar-refractivity contribution is 7.11. The molecule has 0 saturated carbocycles. The first kappa shape index (κ1) is 9.68. The molecule has 0 aliphatic carbocycles. The first-order valence-electron chi connectivity index (χ1n) is 4.08. The van der Waals surface area contributed by atoms with Crippen LogP contribution in [0.5, 0.6) is 0 Å². The maximum Gasteiger partial charge on any atom is 0.260 e. The Kier molecular flexibility index (Phi) is 2.85. The number of aromatic nitrogens is 1. The van der Waals surface area contributed by atoms with Gasteiger partial charge in [-0.2, -0.15) is 4.57 Å². The molecule has 2 nitrogen and oxygen atoms in total. The quantitative estimate of drug-likeness (QED) is 0.645. The fourth-order valence-electron chi connectivity index (χ4n) is 1.38. The van der Waals surface area contributed by atoms with Gasteiger partial charge in [0.1, 0.15) is 0 Å². The van der Waals surface area contributed by atoms with Crippen molar-refractivity contribution in [2.45, 2.75) is 33.9 Å². The van der Waals surface area contributed by atoms with Gasteiger partial charge < -0.3 is 4.74 Å². The van der Waals surface area contributed by atoms with Crippen molar-refractivity contribution in [3.8, 4) is 0 Å². The van der Waals surface area contributed by atoms with Crippen LogP contribution in [0.1, 0.15) is 28.7 Å². The molecule has 3 heteroatoms. The molecule has 1 aromatic heterocycles. The Hall–Kier alpha value is -0.410. The summed E-state index contributed by atoms with van der Waals surface area (Å²) >= 11 is 1.82. The van der Waals surface area contributed by atoms with Crippen LogP contribution in [-0.2, 0) is 4.74 Å². The summed E-state index contributed by atoms with van der Waals surface area (Å²) in [4.78, 5) is 1.37. The fourth-order valence-corrected chi connectivity index (χ4v) is 2.46. The van der Waals surface area contributed by atoms with Gasteiger partial charge in [-0.3, -0.25) is 0 Å². The molecule has 0 N–H and O–H groups in total. The number of hydrogen-bond donors (Lipinski definition) is 0. The Bertz CT molecular complexity index is 280. The number of thiazole rings is 1. The molecule has 1 aromatic rings. The molecule has 1 unspecified atom stereocenters. The van der Waals surface area contributed by atoms with Gasteiger partial charge in [0.15, 0.2) is 5.69 Å². The minimum absolute atomic E-state index is 0.148. The monoisotopic (exact) mass is 186 g/mol. The first-order valence-corrected chi connectivity index (χ1v) is 4.90. The molecule has 0 radical (unpaired) electrons. The standard InChI is InChI=1S/C9H16NOS/c1-6-7(2)12-9(4)10(6)8(3)11-5/h8H,1-5H3/q+1. The molecular weight excluding hydrogens is 170 g/mol. The second kappa shape index (κ2) is 3.54. The third kappa shape index (κ3) is 1.52. The molecule has 0 aliphatic rings. The van der Waals surface area contributed by atoms with E-state index in [1.807, 2.05) is 11.3 Å². The van der Waals surface area contributed by atoms with E-state index in [9.17, 15) is 0 Å². The SMILES string of the molecule is COC(C)[n+]1c(C)sc(C)c1C. The number of nitrogens with zero attached hydrogens (tertiary/aromatic N) is 1. The lowest BCUT2D eigenvalue weighted by Crippen LogP contribution is -2.42. The molecule has 1 rings (SSSR count). The van der Waals surface area contributed by atoms with Crippen LogP contribution in [-0.4, -0.2) is 7.11 Å². The van der Waals surface area contributed by atoms with Gasteiger partial charge in [0.05, 0.1) is 4.88 Å². The lowest BCUT2D eigenvalue weighted by Gasteiger charge is -2.04. The average molecular weight is 186 g/mol. The maximum absolute atomic E-state index is 5.28. The highest BCUT2D eigenvalue weighted by Crippen LogP contribution is 2.16. The molecule has 0 amide bonds. The van der Waals surface area contributed by atoms with E-state index in [1.165, 1.54) is 15.6 Å². The van der Waals surface area contributed by atoms with E-state index in [4.69, 9.17) is 4.74 Å². The topological polar surface area (TPSA) is 13.1 Å². The third-order valence-corrected chi connectivity index (χ3v) is 3.31. The summed E-state index contributed by atoms with van der Waals surface area (Å²) in [5.41, 5.74) is 1.31. The van der Waals surface area contributed by atoms with Crippen LogP contribution in [0.25, 0.3) is 0 Å². The van der Waals surface area contributed by atoms with E-state index < -0.39 is 0 Å². The minimum Gasteiger partial charge on any atom is -0.324 e. The van der Waals surface area contributed by atoms with E-state index in [2.05, 4.69) is 32.3 Å². The second-order valence-corrected chi connectivity index (χ2v) is 4.38. The van der Waals surface area contributed by atoms with E-state index in [-0.39, 0.29) is 6.23 Å². The molecule has 0 spiro atoms. The zero-order valence-corrected chi connectivity index (χ0v) is 9.16. The molecule has 12 heavy (non-hydrogen) atoms. The molecule has 0 saturated heterocycles. The highest BCUT2D eigenvalue weighted by atomic mass is 32.1. The first-order chi connectivity index (χ1) is 5.57. The largest absolute Gasteiger partial charge is 0.324 e. The van der Waals surface area contributed by atoms with Crippen molar-refractivity contribution >= 4 is 11.3 Å². The molecule has 1 atom stereocenters. The maximum atomic E-state index is 5.28. The molecule has 0 fully saturated rings. The number of ether oxygens (including phenoxy) is 1. The second-order valence-electron chi connectivity index (χ2n) is 2.97. The number of rotatable bonds is 2. The van der Waals surface area contributed by atoms with Crippen LogP contribution in [0.4, 0.5) is 0 Å². The van der Waals surface area contributed by atoms with E-state index >= 15 is 0 Å². The molecule has 0 aliphatic heterocycles. The lowest BCUT2D eigenvalue weighted by atomic mass is 10.4. The van der Waals surface area contributed by atoms with Crippen molar-refractivity contribution in [2.75, 3.05) is 7.11 Å². The Morgan fingerprint density at radius 1 is 1.33 bits per heavy atom.